The van der Waals surface area contributed by atoms with Crippen LogP contribution in [-0.2, 0) is 6.54 Å². The number of benzene rings is 2. The Kier molecular flexibility index (Phi) is 7.87. The number of piperazine rings is 1. The molecule has 222 valence electrons. The summed E-state index contributed by atoms with van der Waals surface area (Å²) in [7, 11) is 5.25. The highest BCUT2D eigenvalue weighted by atomic mass is 32.1. The van der Waals surface area contributed by atoms with E-state index in [0.717, 1.165) is 54.0 Å². The maximum absolute atomic E-state index is 13.0. The van der Waals surface area contributed by atoms with E-state index < -0.39 is 0 Å². The van der Waals surface area contributed by atoms with Gasteiger partial charge in [-0.15, -0.1) is 0 Å². The zero-order valence-corrected chi connectivity index (χ0v) is 25.2. The van der Waals surface area contributed by atoms with Gasteiger partial charge in [0.25, 0.3) is 5.91 Å². The van der Waals surface area contributed by atoms with Crippen molar-refractivity contribution in [3.05, 3.63) is 70.7 Å². The number of H-pyrrole nitrogens is 2. The maximum Gasteiger partial charge on any atom is 0.267 e. The number of likely N-dealkylation sites (N-methyl/N-ethyl adjacent to an activating group) is 1. The fraction of sp³-hybridized carbons (Fsp3) is 0.290. The summed E-state index contributed by atoms with van der Waals surface area (Å²) in [6.07, 6.45) is 1.91. The molecular weight excluding hydrogens is 564 g/mol. The molecule has 0 bridgehead atoms. The van der Waals surface area contributed by atoms with Crippen molar-refractivity contribution in [3.8, 4) is 22.6 Å². The van der Waals surface area contributed by atoms with Crippen molar-refractivity contribution >= 4 is 45.7 Å². The third kappa shape index (κ3) is 5.71. The van der Waals surface area contributed by atoms with E-state index in [4.69, 9.17) is 32.1 Å². The van der Waals surface area contributed by atoms with E-state index in [0.29, 0.717) is 39.4 Å². The Morgan fingerprint density at radius 2 is 1.72 bits per heavy atom. The van der Waals surface area contributed by atoms with E-state index in [9.17, 15) is 4.79 Å². The van der Waals surface area contributed by atoms with Crippen LogP contribution in [0.25, 0.3) is 32.9 Å². The number of hydrogen-bond donors (Lipinski definition) is 4. The third-order valence-electron chi connectivity index (χ3n) is 7.93. The lowest BCUT2D eigenvalue weighted by atomic mass is 10.1. The first kappa shape index (κ1) is 28.4. The van der Waals surface area contributed by atoms with Gasteiger partial charge < -0.3 is 39.1 Å². The second-order valence-electron chi connectivity index (χ2n) is 10.6. The van der Waals surface area contributed by atoms with Gasteiger partial charge in [-0.05, 0) is 61.2 Å². The van der Waals surface area contributed by atoms with Crippen LogP contribution in [0, 0.1) is 10.2 Å². The molecule has 5 aromatic rings. The first-order chi connectivity index (χ1) is 20.8. The molecule has 11 nitrogen and oxygen atoms in total. The van der Waals surface area contributed by atoms with Crippen molar-refractivity contribution in [3.63, 3.8) is 0 Å². The summed E-state index contributed by atoms with van der Waals surface area (Å²) in [5.74, 6) is 1.84. The fourth-order valence-electron chi connectivity index (χ4n) is 5.41. The lowest BCUT2D eigenvalue weighted by molar-refractivity contribution is 0.0948. The predicted molar refractivity (Wildman–Crippen MR) is 170 cm³/mol. The second kappa shape index (κ2) is 11.9. The van der Waals surface area contributed by atoms with Crippen LogP contribution in [0.3, 0.4) is 0 Å². The average Bonchev–Trinajstić information content (AvgIpc) is 3.46. The summed E-state index contributed by atoms with van der Waals surface area (Å²) in [5.41, 5.74) is 4.30. The normalized spacial score (nSPS) is 13.9. The van der Waals surface area contributed by atoms with Gasteiger partial charge in [-0.1, -0.05) is 6.07 Å². The number of aromatic nitrogens is 4. The minimum Gasteiger partial charge on any atom is -0.493 e. The van der Waals surface area contributed by atoms with Gasteiger partial charge >= 0.3 is 0 Å². The van der Waals surface area contributed by atoms with Crippen LogP contribution in [-0.4, -0.2) is 84.3 Å². The topological polar surface area (TPSA) is 127 Å². The van der Waals surface area contributed by atoms with Gasteiger partial charge in [0, 0.05) is 73.4 Å². The number of pyridine rings is 1. The summed E-state index contributed by atoms with van der Waals surface area (Å²) < 4.78 is 12.8. The molecule has 0 spiro atoms. The van der Waals surface area contributed by atoms with Crippen LogP contribution < -0.4 is 25.2 Å². The number of carbonyl (C=O) groups is 1. The molecule has 0 aliphatic carbocycles. The van der Waals surface area contributed by atoms with Gasteiger partial charge in [0.15, 0.2) is 16.3 Å². The number of anilines is 1. The Bertz CT molecular complexity index is 1920. The molecule has 4 N–H and O–H groups in total. The van der Waals surface area contributed by atoms with Gasteiger partial charge in [0.1, 0.15) is 17.0 Å². The molecular formula is C31H34N8O3S. The van der Waals surface area contributed by atoms with Crippen LogP contribution in [0.2, 0.25) is 0 Å². The number of methoxy groups -OCH3 is 2. The lowest BCUT2D eigenvalue weighted by Crippen LogP contribution is -2.44. The maximum atomic E-state index is 13.0. The van der Waals surface area contributed by atoms with Crippen molar-refractivity contribution in [1.82, 2.24) is 29.7 Å². The lowest BCUT2D eigenvalue weighted by Gasteiger charge is -2.33. The van der Waals surface area contributed by atoms with Crippen LogP contribution >= 0.6 is 12.2 Å². The predicted octanol–water partition coefficient (Wildman–Crippen LogP) is 3.92. The molecule has 0 unspecified atom stereocenters. The number of rotatable bonds is 8. The van der Waals surface area contributed by atoms with E-state index in [1.807, 2.05) is 24.4 Å². The molecule has 1 fully saturated rings. The Hall–Kier alpha value is -4.68. The van der Waals surface area contributed by atoms with Crippen molar-refractivity contribution in [2.45, 2.75) is 6.54 Å². The largest absolute Gasteiger partial charge is 0.493 e. The van der Waals surface area contributed by atoms with Gasteiger partial charge in [0.2, 0.25) is 0 Å². The molecule has 0 radical (unpaired) electrons. The number of fused-ring (bicyclic) bond motifs is 2. The second-order valence-corrected chi connectivity index (χ2v) is 11.0. The van der Waals surface area contributed by atoms with Crippen molar-refractivity contribution in [2.75, 3.05) is 58.9 Å². The highest BCUT2D eigenvalue weighted by molar-refractivity contribution is 7.71. The molecule has 43 heavy (non-hydrogen) atoms. The first-order valence-electron chi connectivity index (χ1n) is 14.1. The molecule has 0 saturated carbocycles. The average molecular weight is 599 g/mol. The quantitative estimate of drug-likeness (QED) is 0.200. The number of amides is 1. The molecule has 4 heterocycles. The van der Waals surface area contributed by atoms with E-state index in [1.165, 1.54) is 0 Å². The Morgan fingerprint density at radius 3 is 2.44 bits per heavy atom. The van der Waals surface area contributed by atoms with E-state index in [2.05, 4.69) is 50.3 Å². The zero-order valence-electron chi connectivity index (χ0n) is 24.4. The van der Waals surface area contributed by atoms with Gasteiger partial charge in [-0.3, -0.25) is 10.2 Å². The number of nitrogens with zero attached hydrogens (tertiary/aromatic N) is 4. The van der Waals surface area contributed by atoms with Gasteiger partial charge in [-0.25, -0.2) is 4.98 Å². The SMILES string of the molecule is COc1cc2[nH]c(=S)n(CCNC(=O)c3cc4cc(-c5ccc(N6CCN(C)CC6)nc5)ccc4[nH]3)c(=N)c2cc1OC. The highest BCUT2D eigenvalue weighted by Crippen LogP contribution is 2.30. The molecule has 2 aromatic carbocycles. The molecule has 12 heteroatoms. The molecule has 6 rings (SSSR count). The molecule has 3 aromatic heterocycles. The van der Waals surface area contributed by atoms with Crippen LogP contribution in [0.15, 0.2) is 54.7 Å². The molecule has 1 aliphatic rings. The van der Waals surface area contributed by atoms with E-state index in [1.54, 1.807) is 30.9 Å². The van der Waals surface area contributed by atoms with Crippen molar-refractivity contribution in [2.24, 2.45) is 0 Å². The van der Waals surface area contributed by atoms with Gasteiger partial charge in [-0.2, -0.15) is 0 Å². The number of ether oxygens (including phenoxy) is 2. The molecule has 1 aliphatic heterocycles. The number of hydrogen-bond acceptors (Lipinski definition) is 8. The summed E-state index contributed by atoms with van der Waals surface area (Å²) in [6.45, 7) is 4.65. The van der Waals surface area contributed by atoms with E-state index in [-0.39, 0.29) is 17.9 Å². The Morgan fingerprint density at radius 1 is 0.977 bits per heavy atom. The molecule has 1 amide bonds. The van der Waals surface area contributed by atoms with Gasteiger partial charge in [0.05, 0.1) is 19.7 Å². The summed E-state index contributed by atoms with van der Waals surface area (Å²) >= 11 is 5.51. The van der Waals surface area contributed by atoms with Crippen LogP contribution in [0.1, 0.15) is 10.5 Å². The minimum atomic E-state index is -0.231. The summed E-state index contributed by atoms with van der Waals surface area (Å²) in [4.78, 5) is 28.7. The van der Waals surface area contributed by atoms with Crippen LogP contribution in [0.4, 0.5) is 5.82 Å². The smallest absolute Gasteiger partial charge is 0.267 e. The zero-order chi connectivity index (χ0) is 30.1. The van der Waals surface area contributed by atoms with Crippen molar-refractivity contribution in [1.29, 1.82) is 5.41 Å². The summed E-state index contributed by atoms with van der Waals surface area (Å²) in [6, 6.07) is 15.6. The standard InChI is InChI=1S/C31H34N8O3S/c1-37-10-12-38(13-11-37)28-7-5-20(18-34-28)19-4-6-23-21(14-19)15-25(35-23)30(40)33-8-9-39-29(32)22-16-26(41-2)27(42-3)17-24(22)36-31(39)43/h4-7,14-18,32,35H,8-13H2,1-3H3,(H,33,40)(H,36,43). The highest BCUT2D eigenvalue weighted by Gasteiger charge is 2.16. The monoisotopic (exact) mass is 598 g/mol. The molecule has 1 saturated heterocycles. The fourth-order valence-corrected chi connectivity index (χ4v) is 5.70. The van der Waals surface area contributed by atoms with Crippen LogP contribution in [0.5, 0.6) is 11.5 Å². The number of aromatic amines is 2. The minimum absolute atomic E-state index is 0.221. The number of carbonyl (C=O) groups excluding carboxylic acids is 1. The summed E-state index contributed by atoms with van der Waals surface area (Å²) in [5, 5.41) is 13.2. The Labute approximate surface area is 253 Å². The van der Waals surface area contributed by atoms with E-state index >= 15 is 0 Å². The third-order valence-corrected chi connectivity index (χ3v) is 8.25. The first-order valence-corrected chi connectivity index (χ1v) is 14.5. The molecule has 0 atom stereocenters. The Balaban J connectivity index is 1.13. The number of nitrogens with one attached hydrogen (secondary N) is 4. The van der Waals surface area contributed by atoms with Crippen molar-refractivity contribution < 1.29 is 14.3 Å².